The first-order valence-electron chi connectivity index (χ1n) is 9.77. The van der Waals surface area contributed by atoms with Crippen LogP contribution in [0.4, 0.5) is 4.39 Å². The van der Waals surface area contributed by atoms with Gasteiger partial charge in [0.15, 0.2) is 5.65 Å². The minimum atomic E-state index is -0.357. The van der Waals surface area contributed by atoms with Gasteiger partial charge >= 0.3 is 0 Å². The summed E-state index contributed by atoms with van der Waals surface area (Å²) in [5.74, 6) is 0.673. The molecular formula is C23H26FN3O. The summed E-state index contributed by atoms with van der Waals surface area (Å²) in [7, 11) is 3.75. The Bertz CT molecular complexity index is 1030. The number of methoxy groups -OCH3 is 1. The number of aromatic nitrogens is 2. The zero-order chi connectivity index (χ0) is 19.8. The second-order valence-electron chi connectivity index (χ2n) is 7.86. The number of hydrogen-bond donors (Lipinski definition) is 0. The van der Waals surface area contributed by atoms with Crippen LogP contribution in [0.3, 0.4) is 0 Å². The van der Waals surface area contributed by atoms with E-state index < -0.39 is 0 Å². The van der Waals surface area contributed by atoms with E-state index in [4.69, 9.17) is 9.72 Å². The molecule has 1 aliphatic heterocycles. The third-order valence-corrected chi connectivity index (χ3v) is 5.60. The van der Waals surface area contributed by atoms with Crippen LogP contribution in [-0.4, -0.2) is 42.1 Å². The standard InChI is InChI=1S/C23H26FN3O/c1-14-10-15(2)21(20(11-14)28-4)22-18(24)12-16-7-8-19(25-23(16)26-22)17-6-5-9-27(3)13-17/h7-8,10-12,17H,5-6,9,13H2,1-4H3. The van der Waals surface area contributed by atoms with Crippen LogP contribution in [0.25, 0.3) is 22.3 Å². The molecule has 0 spiro atoms. The molecule has 0 N–H and O–H groups in total. The van der Waals surface area contributed by atoms with Crippen molar-refractivity contribution in [2.45, 2.75) is 32.6 Å². The van der Waals surface area contributed by atoms with Gasteiger partial charge < -0.3 is 9.64 Å². The molecule has 4 nitrogen and oxygen atoms in total. The highest BCUT2D eigenvalue weighted by Crippen LogP contribution is 2.36. The van der Waals surface area contributed by atoms with Crippen molar-refractivity contribution in [3.05, 3.63) is 53.0 Å². The van der Waals surface area contributed by atoms with E-state index in [1.165, 1.54) is 12.5 Å². The fourth-order valence-electron chi connectivity index (χ4n) is 4.24. The third kappa shape index (κ3) is 3.47. The SMILES string of the molecule is COc1cc(C)cc(C)c1-c1nc2nc(C3CCCN(C)C3)ccc2cc1F. The normalized spacial score (nSPS) is 17.8. The highest BCUT2D eigenvalue weighted by Gasteiger charge is 2.22. The van der Waals surface area contributed by atoms with Crippen molar-refractivity contribution in [3.63, 3.8) is 0 Å². The summed E-state index contributed by atoms with van der Waals surface area (Å²) in [5, 5.41) is 0.720. The van der Waals surface area contributed by atoms with E-state index >= 15 is 0 Å². The first-order chi connectivity index (χ1) is 13.5. The predicted octanol–water partition coefficient (Wildman–Crippen LogP) is 4.87. The Balaban J connectivity index is 1.83. The summed E-state index contributed by atoms with van der Waals surface area (Å²) >= 11 is 0. The lowest BCUT2D eigenvalue weighted by Crippen LogP contribution is -2.31. The summed E-state index contributed by atoms with van der Waals surface area (Å²) in [6.07, 6.45) is 2.30. The predicted molar refractivity (Wildman–Crippen MR) is 110 cm³/mol. The number of ether oxygens (including phenoxy) is 1. The molecule has 0 saturated carbocycles. The molecule has 1 fully saturated rings. The minimum Gasteiger partial charge on any atom is -0.496 e. The molecule has 5 heteroatoms. The first kappa shape index (κ1) is 18.8. The highest BCUT2D eigenvalue weighted by atomic mass is 19.1. The molecule has 1 aromatic carbocycles. The average Bonchev–Trinajstić information content (AvgIpc) is 2.67. The second kappa shape index (κ2) is 7.47. The van der Waals surface area contributed by atoms with Gasteiger partial charge in [0.2, 0.25) is 0 Å². The second-order valence-corrected chi connectivity index (χ2v) is 7.86. The van der Waals surface area contributed by atoms with Crippen molar-refractivity contribution in [3.8, 4) is 17.0 Å². The lowest BCUT2D eigenvalue weighted by molar-refractivity contribution is 0.248. The number of hydrogen-bond acceptors (Lipinski definition) is 4. The number of likely N-dealkylation sites (tertiary alicyclic amines) is 1. The average molecular weight is 379 g/mol. The number of fused-ring (bicyclic) bond motifs is 1. The van der Waals surface area contributed by atoms with Gasteiger partial charge in [-0.1, -0.05) is 6.07 Å². The van der Waals surface area contributed by atoms with Gasteiger partial charge in [0.25, 0.3) is 0 Å². The first-order valence-corrected chi connectivity index (χ1v) is 9.77. The Morgan fingerprint density at radius 1 is 1.14 bits per heavy atom. The van der Waals surface area contributed by atoms with Crippen molar-refractivity contribution < 1.29 is 9.13 Å². The Morgan fingerprint density at radius 2 is 1.96 bits per heavy atom. The van der Waals surface area contributed by atoms with Crippen molar-refractivity contribution >= 4 is 11.0 Å². The lowest BCUT2D eigenvalue weighted by Gasteiger charge is -2.29. The molecule has 0 amide bonds. The summed E-state index contributed by atoms with van der Waals surface area (Å²) in [5.41, 5.74) is 4.62. The monoisotopic (exact) mass is 379 g/mol. The molecule has 3 heterocycles. The lowest BCUT2D eigenvalue weighted by atomic mass is 9.94. The van der Waals surface area contributed by atoms with Gasteiger partial charge in [-0.05, 0) is 75.7 Å². The van der Waals surface area contributed by atoms with Gasteiger partial charge in [0.05, 0.1) is 7.11 Å². The molecule has 1 aliphatic rings. The fraction of sp³-hybridized carbons (Fsp3) is 0.391. The summed E-state index contributed by atoms with van der Waals surface area (Å²) in [6, 6.07) is 9.41. The van der Waals surface area contributed by atoms with Crippen LogP contribution in [-0.2, 0) is 0 Å². The van der Waals surface area contributed by atoms with Crippen LogP contribution in [0.1, 0.15) is 35.6 Å². The Labute approximate surface area is 165 Å². The largest absolute Gasteiger partial charge is 0.496 e. The fourth-order valence-corrected chi connectivity index (χ4v) is 4.24. The number of likely N-dealkylation sites (N-methyl/N-ethyl adjacent to an activating group) is 1. The molecule has 1 unspecified atom stereocenters. The molecule has 0 bridgehead atoms. The van der Waals surface area contributed by atoms with E-state index in [2.05, 4.69) is 16.9 Å². The number of aryl methyl sites for hydroxylation is 2. The van der Waals surface area contributed by atoms with E-state index in [1.807, 2.05) is 38.1 Å². The highest BCUT2D eigenvalue weighted by molar-refractivity contribution is 5.81. The summed E-state index contributed by atoms with van der Waals surface area (Å²) < 4.78 is 20.5. The van der Waals surface area contributed by atoms with Crippen LogP contribution in [0.15, 0.2) is 30.3 Å². The number of pyridine rings is 2. The third-order valence-electron chi connectivity index (χ3n) is 5.60. The van der Waals surface area contributed by atoms with Gasteiger partial charge in [-0.3, -0.25) is 0 Å². The number of piperidine rings is 1. The molecular weight excluding hydrogens is 353 g/mol. The van der Waals surface area contributed by atoms with Crippen LogP contribution in [0.2, 0.25) is 0 Å². The quantitative estimate of drug-likeness (QED) is 0.651. The van der Waals surface area contributed by atoms with Gasteiger partial charge in [0.1, 0.15) is 17.3 Å². The maximum absolute atomic E-state index is 15.0. The topological polar surface area (TPSA) is 38.3 Å². The van der Waals surface area contributed by atoms with Gasteiger partial charge in [0, 0.05) is 29.1 Å². The van der Waals surface area contributed by atoms with E-state index in [0.29, 0.717) is 28.6 Å². The summed E-state index contributed by atoms with van der Waals surface area (Å²) in [4.78, 5) is 11.8. The van der Waals surface area contributed by atoms with Crippen molar-refractivity contribution in [2.75, 3.05) is 27.2 Å². The molecule has 28 heavy (non-hydrogen) atoms. The smallest absolute Gasteiger partial charge is 0.160 e. The maximum Gasteiger partial charge on any atom is 0.160 e. The molecule has 3 aromatic rings. The van der Waals surface area contributed by atoms with E-state index in [9.17, 15) is 4.39 Å². The Hall–Kier alpha value is -2.53. The Kier molecular flexibility index (Phi) is 5.02. The maximum atomic E-state index is 15.0. The molecule has 1 saturated heterocycles. The number of halogens is 1. The van der Waals surface area contributed by atoms with Crippen LogP contribution in [0.5, 0.6) is 5.75 Å². The van der Waals surface area contributed by atoms with E-state index in [0.717, 1.165) is 41.7 Å². The molecule has 4 rings (SSSR count). The van der Waals surface area contributed by atoms with Crippen LogP contribution >= 0.6 is 0 Å². The van der Waals surface area contributed by atoms with Crippen molar-refractivity contribution in [1.82, 2.24) is 14.9 Å². The molecule has 2 aromatic heterocycles. The van der Waals surface area contributed by atoms with Gasteiger partial charge in [-0.25, -0.2) is 14.4 Å². The molecule has 146 valence electrons. The molecule has 1 atom stereocenters. The zero-order valence-electron chi connectivity index (χ0n) is 16.9. The van der Waals surface area contributed by atoms with E-state index in [-0.39, 0.29) is 5.82 Å². The molecule has 0 aliphatic carbocycles. The van der Waals surface area contributed by atoms with Crippen LogP contribution < -0.4 is 4.74 Å². The van der Waals surface area contributed by atoms with E-state index in [1.54, 1.807) is 7.11 Å². The number of benzene rings is 1. The molecule has 0 radical (unpaired) electrons. The Morgan fingerprint density at radius 3 is 2.71 bits per heavy atom. The van der Waals surface area contributed by atoms with Crippen molar-refractivity contribution in [1.29, 1.82) is 0 Å². The van der Waals surface area contributed by atoms with Gasteiger partial charge in [-0.2, -0.15) is 0 Å². The number of rotatable bonds is 3. The van der Waals surface area contributed by atoms with Crippen LogP contribution in [0, 0.1) is 19.7 Å². The van der Waals surface area contributed by atoms with Gasteiger partial charge in [-0.15, -0.1) is 0 Å². The number of nitrogens with zero attached hydrogens (tertiary/aromatic N) is 3. The minimum absolute atomic E-state index is 0.298. The van der Waals surface area contributed by atoms with Crippen molar-refractivity contribution in [2.24, 2.45) is 0 Å². The summed E-state index contributed by atoms with van der Waals surface area (Å²) in [6.45, 7) is 6.08. The zero-order valence-corrected chi connectivity index (χ0v) is 16.9.